The lowest BCUT2D eigenvalue weighted by molar-refractivity contribution is -0.127. The van der Waals surface area contributed by atoms with Gasteiger partial charge in [0.25, 0.3) is 5.91 Å². The number of rotatable bonds is 5. The highest BCUT2D eigenvalue weighted by molar-refractivity contribution is 7.19. The summed E-state index contributed by atoms with van der Waals surface area (Å²) in [4.78, 5) is 30.1. The van der Waals surface area contributed by atoms with Gasteiger partial charge in [0, 0.05) is 17.5 Å². The van der Waals surface area contributed by atoms with Crippen LogP contribution in [-0.4, -0.2) is 33.4 Å². The van der Waals surface area contributed by atoms with Crippen LogP contribution in [0.4, 0.5) is 4.39 Å². The second kappa shape index (κ2) is 9.29. The molecule has 33 heavy (non-hydrogen) atoms. The minimum absolute atomic E-state index is 0.106. The third kappa shape index (κ3) is 4.43. The normalized spacial score (nSPS) is 19.5. The third-order valence-corrected chi connectivity index (χ3v) is 8.16. The molecule has 3 heterocycles. The lowest BCUT2D eigenvalue weighted by Crippen LogP contribution is -2.56. The van der Waals surface area contributed by atoms with Gasteiger partial charge in [-0.25, -0.2) is 4.39 Å². The number of aryl methyl sites for hydroxylation is 1. The number of nitrogens with zero attached hydrogens (tertiary/aromatic N) is 2. The second-order valence-electron chi connectivity index (χ2n) is 9.23. The summed E-state index contributed by atoms with van der Waals surface area (Å²) in [6.07, 6.45) is 7.59. The van der Waals surface area contributed by atoms with Crippen molar-refractivity contribution < 1.29 is 14.0 Å². The maximum atomic E-state index is 13.8. The monoisotopic (exact) mass is 467 g/mol. The molecule has 174 valence electrons. The topological polar surface area (TPSA) is 54.3 Å². The summed E-state index contributed by atoms with van der Waals surface area (Å²) in [6.45, 7) is 2.74. The number of hydrogen-bond acceptors (Lipinski definition) is 3. The number of carbonyl (C=O) groups excluding carboxylic acids is 2. The number of fused-ring (bicyclic) bond motifs is 3. The predicted molar refractivity (Wildman–Crippen MR) is 129 cm³/mol. The molecule has 1 fully saturated rings. The average Bonchev–Trinajstić information content (AvgIpc) is 3.24. The number of halogens is 1. The van der Waals surface area contributed by atoms with E-state index in [2.05, 4.69) is 18.3 Å². The van der Waals surface area contributed by atoms with Crippen molar-refractivity contribution in [2.75, 3.05) is 0 Å². The van der Waals surface area contributed by atoms with E-state index in [1.165, 1.54) is 29.9 Å². The maximum Gasteiger partial charge on any atom is 0.271 e. The van der Waals surface area contributed by atoms with E-state index in [1.54, 1.807) is 28.4 Å². The van der Waals surface area contributed by atoms with E-state index < -0.39 is 6.04 Å². The molecule has 5 nitrogen and oxygen atoms in total. The fraction of sp³-hybridized carbons (Fsp3) is 0.462. The van der Waals surface area contributed by atoms with Gasteiger partial charge in [-0.15, -0.1) is 11.3 Å². The lowest BCUT2D eigenvalue weighted by Gasteiger charge is -2.36. The summed E-state index contributed by atoms with van der Waals surface area (Å²) in [5.74, 6) is -0.620. The highest BCUT2D eigenvalue weighted by Crippen LogP contribution is 2.33. The van der Waals surface area contributed by atoms with Crippen LogP contribution in [0.1, 0.15) is 66.4 Å². The molecule has 1 aliphatic carbocycles. The van der Waals surface area contributed by atoms with Gasteiger partial charge in [0.2, 0.25) is 5.91 Å². The Labute approximate surface area is 197 Å². The molecule has 2 aromatic heterocycles. The first-order valence-electron chi connectivity index (χ1n) is 12.0. The van der Waals surface area contributed by atoms with Crippen LogP contribution in [0, 0.1) is 5.82 Å². The molecule has 0 bridgehead atoms. The molecule has 1 unspecified atom stereocenters. The molecule has 1 aliphatic heterocycles. The van der Waals surface area contributed by atoms with E-state index in [1.807, 2.05) is 10.6 Å². The van der Waals surface area contributed by atoms with Crippen molar-refractivity contribution in [2.45, 2.75) is 77.0 Å². The number of amides is 2. The summed E-state index contributed by atoms with van der Waals surface area (Å²) in [5, 5.41) is 3.25. The van der Waals surface area contributed by atoms with Crippen molar-refractivity contribution in [3.8, 4) is 0 Å². The van der Waals surface area contributed by atoms with E-state index >= 15 is 0 Å². The average molecular weight is 468 g/mol. The molecule has 1 N–H and O–H groups in total. The Morgan fingerprint density at radius 1 is 1.15 bits per heavy atom. The molecular weight excluding hydrogens is 437 g/mol. The molecule has 0 spiro atoms. The predicted octanol–water partition coefficient (Wildman–Crippen LogP) is 5.27. The minimum atomic E-state index is -0.628. The first kappa shape index (κ1) is 22.1. The smallest absolute Gasteiger partial charge is 0.271 e. The Bertz CT molecular complexity index is 1180. The fourth-order valence-electron chi connectivity index (χ4n) is 5.16. The van der Waals surface area contributed by atoms with Gasteiger partial charge in [0.05, 0.1) is 16.8 Å². The maximum absolute atomic E-state index is 13.8. The summed E-state index contributed by atoms with van der Waals surface area (Å²) < 4.78 is 16.9. The summed E-state index contributed by atoms with van der Waals surface area (Å²) in [6, 6.07) is 9.89. The molecule has 0 saturated heterocycles. The number of benzene rings is 1. The standard InChI is InChI=1S/C26H30FN3O2S/c1-2-20-13-21-24(33-20)14-22-26(32)30(15-17-8-7-9-18(27)12-17)23(16-29(21)22)25(31)28-19-10-5-3-4-6-11-19/h7-9,12-14,19,23H,2-6,10-11,15-16H2,1H3,(H,28,31). The first-order valence-corrected chi connectivity index (χ1v) is 12.8. The number of aromatic nitrogens is 1. The van der Waals surface area contributed by atoms with E-state index in [9.17, 15) is 14.0 Å². The molecule has 5 rings (SSSR count). The van der Waals surface area contributed by atoms with Crippen LogP contribution in [0.5, 0.6) is 0 Å². The van der Waals surface area contributed by atoms with Crippen LogP contribution in [0.25, 0.3) is 10.2 Å². The zero-order valence-corrected chi connectivity index (χ0v) is 19.8. The number of hydrogen-bond donors (Lipinski definition) is 1. The quantitative estimate of drug-likeness (QED) is 0.520. The summed E-state index contributed by atoms with van der Waals surface area (Å²) >= 11 is 1.70. The molecular formula is C26H30FN3O2S. The Morgan fingerprint density at radius 2 is 1.94 bits per heavy atom. The van der Waals surface area contributed by atoms with Crippen LogP contribution < -0.4 is 5.32 Å². The van der Waals surface area contributed by atoms with Gasteiger partial charge in [-0.3, -0.25) is 9.59 Å². The van der Waals surface area contributed by atoms with Gasteiger partial charge in [0.1, 0.15) is 17.6 Å². The van der Waals surface area contributed by atoms with Gasteiger partial charge in [0.15, 0.2) is 0 Å². The Kier molecular flexibility index (Phi) is 6.23. The van der Waals surface area contributed by atoms with Gasteiger partial charge < -0.3 is 14.8 Å². The van der Waals surface area contributed by atoms with Gasteiger partial charge in [-0.2, -0.15) is 0 Å². The van der Waals surface area contributed by atoms with Crippen LogP contribution in [-0.2, 0) is 24.3 Å². The Balaban J connectivity index is 1.48. The molecule has 3 aromatic rings. The fourth-order valence-corrected chi connectivity index (χ4v) is 6.20. The molecule has 1 aromatic carbocycles. The number of carbonyl (C=O) groups is 2. The van der Waals surface area contributed by atoms with Gasteiger partial charge in [-0.05, 0) is 49.1 Å². The Morgan fingerprint density at radius 3 is 2.67 bits per heavy atom. The van der Waals surface area contributed by atoms with Crippen molar-refractivity contribution in [1.29, 1.82) is 0 Å². The molecule has 1 atom stereocenters. The van der Waals surface area contributed by atoms with Crippen molar-refractivity contribution in [1.82, 2.24) is 14.8 Å². The van der Waals surface area contributed by atoms with E-state index in [0.717, 1.165) is 42.3 Å². The zero-order valence-electron chi connectivity index (χ0n) is 19.0. The number of thiophene rings is 1. The van der Waals surface area contributed by atoms with Gasteiger partial charge >= 0.3 is 0 Å². The van der Waals surface area contributed by atoms with E-state index in [0.29, 0.717) is 17.8 Å². The van der Waals surface area contributed by atoms with E-state index in [4.69, 9.17) is 0 Å². The Hall–Kier alpha value is -2.67. The molecule has 2 aliphatic rings. The second-order valence-corrected chi connectivity index (χ2v) is 10.4. The van der Waals surface area contributed by atoms with Crippen molar-refractivity contribution in [2.24, 2.45) is 0 Å². The largest absolute Gasteiger partial charge is 0.352 e. The highest BCUT2D eigenvalue weighted by atomic mass is 32.1. The summed E-state index contributed by atoms with van der Waals surface area (Å²) in [5.41, 5.74) is 2.32. The highest BCUT2D eigenvalue weighted by Gasteiger charge is 2.38. The first-order chi connectivity index (χ1) is 16.0. The van der Waals surface area contributed by atoms with Crippen LogP contribution in [0.15, 0.2) is 36.4 Å². The molecule has 1 saturated carbocycles. The number of nitrogens with one attached hydrogen (secondary N) is 1. The molecule has 0 radical (unpaired) electrons. The van der Waals surface area contributed by atoms with Crippen LogP contribution >= 0.6 is 11.3 Å². The molecule has 2 amide bonds. The summed E-state index contributed by atoms with van der Waals surface area (Å²) in [7, 11) is 0. The molecule has 7 heteroatoms. The van der Waals surface area contributed by atoms with Crippen molar-refractivity contribution in [3.05, 3.63) is 58.3 Å². The van der Waals surface area contributed by atoms with Gasteiger partial charge in [-0.1, -0.05) is 44.7 Å². The zero-order chi connectivity index (χ0) is 22.9. The lowest BCUT2D eigenvalue weighted by atomic mass is 10.1. The van der Waals surface area contributed by atoms with Crippen LogP contribution in [0.2, 0.25) is 0 Å². The van der Waals surface area contributed by atoms with Crippen molar-refractivity contribution >= 4 is 33.4 Å². The minimum Gasteiger partial charge on any atom is -0.352 e. The van der Waals surface area contributed by atoms with Crippen molar-refractivity contribution in [3.63, 3.8) is 0 Å². The SMILES string of the molecule is CCc1cc2c(cc3n2CC(C(=O)NC2CCCCCC2)N(Cc2cccc(F)c2)C3=O)s1. The van der Waals surface area contributed by atoms with E-state index in [-0.39, 0.29) is 30.2 Å². The third-order valence-electron chi connectivity index (χ3n) is 6.95. The van der Waals surface area contributed by atoms with Crippen LogP contribution in [0.3, 0.4) is 0 Å².